The van der Waals surface area contributed by atoms with Crippen molar-refractivity contribution in [3.05, 3.63) is 65.2 Å². The van der Waals surface area contributed by atoms with Crippen LogP contribution >= 0.6 is 0 Å². The number of carbonyl (C=O) groups excluding carboxylic acids is 1. The number of nitrogens with one attached hydrogen (secondary N) is 1. The Bertz CT molecular complexity index is 1030. The Morgan fingerprint density at radius 2 is 2.03 bits per heavy atom. The Balaban J connectivity index is 1.70. The highest BCUT2D eigenvalue weighted by Crippen LogP contribution is 2.19. The number of imidazole rings is 1. The van der Waals surface area contributed by atoms with E-state index in [2.05, 4.69) is 10.3 Å². The third-order valence-corrected chi connectivity index (χ3v) is 4.57. The molecular weight excluding hydrogens is 377 g/mol. The molecule has 0 aliphatic heterocycles. The van der Waals surface area contributed by atoms with Crippen molar-refractivity contribution >= 4 is 22.9 Å². The van der Waals surface area contributed by atoms with Gasteiger partial charge in [0.1, 0.15) is 11.6 Å². The van der Waals surface area contributed by atoms with Crippen molar-refractivity contribution in [2.24, 2.45) is 0 Å². The van der Waals surface area contributed by atoms with Crippen molar-refractivity contribution in [3.63, 3.8) is 0 Å². The van der Waals surface area contributed by atoms with E-state index in [1.54, 1.807) is 31.4 Å². The summed E-state index contributed by atoms with van der Waals surface area (Å²) in [7, 11) is 1.60. The monoisotopic (exact) mass is 399 g/mol. The summed E-state index contributed by atoms with van der Waals surface area (Å²) in [5.41, 5.74) is 1.89. The van der Waals surface area contributed by atoms with E-state index in [1.165, 1.54) is 18.2 Å². The topological polar surface area (TPSA) is 93.5 Å². The molecule has 0 atom stereocenters. The maximum atomic E-state index is 13.7. The quantitative estimate of drug-likeness (QED) is 0.576. The Morgan fingerprint density at radius 3 is 2.76 bits per heavy atom. The minimum Gasteiger partial charge on any atom is -0.478 e. The second-order valence-electron chi connectivity index (χ2n) is 6.55. The molecule has 8 heteroatoms. The molecule has 2 N–H and O–H groups in total. The molecule has 2 aromatic carbocycles. The van der Waals surface area contributed by atoms with Gasteiger partial charge < -0.3 is 19.7 Å². The smallest absolute Gasteiger partial charge is 0.335 e. The van der Waals surface area contributed by atoms with Gasteiger partial charge in [-0.2, -0.15) is 0 Å². The summed E-state index contributed by atoms with van der Waals surface area (Å²) in [4.78, 5) is 27.9. The van der Waals surface area contributed by atoms with E-state index in [4.69, 9.17) is 4.74 Å². The van der Waals surface area contributed by atoms with E-state index in [9.17, 15) is 19.1 Å². The van der Waals surface area contributed by atoms with Crippen LogP contribution in [0.3, 0.4) is 0 Å². The van der Waals surface area contributed by atoms with Crippen LogP contribution in [0.1, 0.15) is 21.7 Å². The van der Waals surface area contributed by atoms with Crippen molar-refractivity contribution in [2.75, 3.05) is 20.3 Å². The predicted molar refractivity (Wildman–Crippen MR) is 105 cm³/mol. The highest BCUT2D eigenvalue weighted by atomic mass is 19.1. The molecule has 1 aromatic heterocycles. The van der Waals surface area contributed by atoms with Gasteiger partial charge in [-0.15, -0.1) is 0 Å². The fourth-order valence-corrected chi connectivity index (χ4v) is 3.13. The number of fused-ring (bicyclic) bond motifs is 1. The van der Waals surface area contributed by atoms with Crippen LogP contribution in [0.25, 0.3) is 11.0 Å². The second kappa shape index (κ2) is 9.29. The number of benzene rings is 2. The summed E-state index contributed by atoms with van der Waals surface area (Å²) < 4.78 is 20.8. The summed E-state index contributed by atoms with van der Waals surface area (Å²) in [5, 5.41) is 12.0. The number of halogens is 1. The molecule has 3 rings (SSSR count). The van der Waals surface area contributed by atoms with Gasteiger partial charge in [0.2, 0.25) is 5.91 Å². The first-order valence-corrected chi connectivity index (χ1v) is 9.21. The zero-order valence-corrected chi connectivity index (χ0v) is 16.0. The summed E-state index contributed by atoms with van der Waals surface area (Å²) in [6.45, 7) is 1.35. The molecule has 0 spiro atoms. The summed E-state index contributed by atoms with van der Waals surface area (Å²) in [6.07, 6.45) is 0.415. The van der Waals surface area contributed by atoms with Gasteiger partial charge in [0, 0.05) is 26.6 Å². The predicted octanol–water partition coefficient (Wildman–Crippen LogP) is 2.42. The molecule has 3 aromatic rings. The average molecular weight is 399 g/mol. The molecular formula is C21H22FN3O4. The van der Waals surface area contributed by atoms with E-state index in [0.717, 1.165) is 5.52 Å². The number of ether oxygens (including phenoxy) is 1. The highest BCUT2D eigenvalue weighted by molar-refractivity contribution is 5.92. The lowest BCUT2D eigenvalue weighted by atomic mass is 10.1. The molecule has 0 saturated heterocycles. The number of nitrogens with zero attached hydrogens (tertiary/aromatic N) is 2. The average Bonchev–Trinajstić information content (AvgIpc) is 3.04. The number of hydrogen-bond donors (Lipinski definition) is 2. The molecule has 152 valence electrons. The van der Waals surface area contributed by atoms with Crippen molar-refractivity contribution in [1.29, 1.82) is 0 Å². The lowest BCUT2D eigenvalue weighted by Crippen LogP contribution is -2.28. The number of carbonyl (C=O) groups is 2. The molecule has 0 aliphatic carbocycles. The van der Waals surface area contributed by atoms with Gasteiger partial charge in [0.05, 0.1) is 29.6 Å². The van der Waals surface area contributed by atoms with Gasteiger partial charge in [0.15, 0.2) is 0 Å². The molecule has 0 aliphatic rings. The Hall–Kier alpha value is -3.26. The first kappa shape index (κ1) is 20.5. The third kappa shape index (κ3) is 4.97. The minimum atomic E-state index is -1.01. The number of aromatic carboxylic acids is 1. The first-order valence-electron chi connectivity index (χ1n) is 9.21. The van der Waals surface area contributed by atoms with E-state index >= 15 is 0 Å². The SMILES string of the molecule is COCCn1c(CCNC(=O)Cc2ccccc2F)nc2cc(C(=O)O)ccc21. The van der Waals surface area contributed by atoms with E-state index < -0.39 is 11.8 Å². The maximum Gasteiger partial charge on any atom is 0.335 e. The molecule has 0 radical (unpaired) electrons. The largest absolute Gasteiger partial charge is 0.478 e. The van der Waals surface area contributed by atoms with Crippen LogP contribution in [0.4, 0.5) is 4.39 Å². The number of hydrogen-bond acceptors (Lipinski definition) is 4. The molecule has 29 heavy (non-hydrogen) atoms. The lowest BCUT2D eigenvalue weighted by molar-refractivity contribution is -0.120. The van der Waals surface area contributed by atoms with Gasteiger partial charge in [-0.05, 0) is 29.8 Å². The number of methoxy groups -OCH3 is 1. The number of carboxylic acid groups (broad SMARTS) is 1. The van der Waals surface area contributed by atoms with Crippen molar-refractivity contribution in [2.45, 2.75) is 19.4 Å². The molecule has 0 unspecified atom stereocenters. The van der Waals surface area contributed by atoms with Crippen molar-refractivity contribution in [1.82, 2.24) is 14.9 Å². The second-order valence-corrected chi connectivity index (χ2v) is 6.55. The first-order chi connectivity index (χ1) is 14.0. The van der Waals surface area contributed by atoms with Crippen LogP contribution in [0.2, 0.25) is 0 Å². The van der Waals surface area contributed by atoms with E-state index in [1.807, 2.05) is 4.57 Å². The van der Waals surface area contributed by atoms with Gasteiger partial charge in [-0.3, -0.25) is 4.79 Å². The van der Waals surface area contributed by atoms with Crippen LogP contribution in [0.15, 0.2) is 42.5 Å². The van der Waals surface area contributed by atoms with Crippen LogP contribution < -0.4 is 5.32 Å². The maximum absolute atomic E-state index is 13.7. The van der Waals surface area contributed by atoms with E-state index in [-0.39, 0.29) is 17.9 Å². The third-order valence-electron chi connectivity index (χ3n) is 4.57. The fourth-order valence-electron chi connectivity index (χ4n) is 3.13. The van der Waals surface area contributed by atoms with Gasteiger partial charge in [-0.25, -0.2) is 14.2 Å². The minimum absolute atomic E-state index is 0.0330. The van der Waals surface area contributed by atoms with Gasteiger partial charge >= 0.3 is 5.97 Å². The normalized spacial score (nSPS) is 11.0. The molecule has 1 heterocycles. The van der Waals surface area contributed by atoms with E-state index in [0.29, 0.717) is 43.0 Å². The fraction of sp³-hybridized carbons (Fsp3) is 0.286. The number of rotatable bonds is 9. The van der Waals surface area contributed by atoms with Crippen molar-refractivity contribution in [3.8, 4) is 0 Å². The lowest BCUT2D eigenvalue weighted by Gasteiger charge is -2.10. The van der Waals surface area contributed by atoms with Crippen LogP contribution in [0, 0.1) is 5.82 Å². The number of carboxylic acids is 1. The molecule has 0 bridgehead atoms. The molecule has 1 amide bonds. The van der Waals surface area contributed by atoms with Crippen LogP contribution in [-0.4, -0.2) is 46.8 Å². The van der Waals surface area contributed by atoms with Crippen LogP contribution in [-0.2, 0) is 28.9 Å². The Kier molecular flexibility index (Phi) is 6.56. The Morgan fingerprint density at radius 1 is 1.24 bits per heavy atom. The molecule has 7 nitrogen and oxygen atoms in total. The summed E-state index contributed by atoms with van der Waals surface area (Å²) >= 11 is 0. The highest BCUT2D eigenvalue weighted by Gasteiger charge is 2.14. The standard InChI is InChI=1S/C21H22FN3O4/c1-29-11-10-25-18-7-6-15(21(27)28)12-17(18)24-19(25)8-9-23-20(26)13-14-4-2-3-5-16(14)22/h2-7,12H,8-11,13H2,1H3,(H,23,26)(H,27,28). The zero-order valence-electron chi connectivity index (χ0n) is 16.0. The van der Waals surface area contributed by atoms with Gasteiger partial charge in [0.25, 0.3) is 0 Å². The molecule has 0 saturated carbocycles. The summed E-state index contributed by atoms with van der Waals surface area (Å²) in [6, 6.07) is 11.0. The van der Waals surface area contributed by atoms with Crippen molar-refractivity contribution < 1.29 is 23.8 Å². The Labute approximate surface area is 167 Å². The number of amides is 1. The molecule has 0 fully saturated rings. The van der Waals surface area contributed by atoms with Crippen LogP contribution in [0.5, 0.6) is 0 Å². The van der Waals surface area contributed by atoms with Gasteiger partial charge in [-0.1, -0.05) is 18.2 Å². The zero-order chi connectivity index (χ0) is 20.8. The summed E-state index contributed by atoms with van der Waals surface area (Å²) in [5.74, 6) is -0.980. The number of aromatic nitrogens is 2.